The Kier molecular flexibility index (Phi) is 3.30. The van der Waals surface area contributed by atoms with Gasteiger partial charge < -0.3 is 5.32 Å². The molecule has 0 aromatic carbocycles. The maximum absolute atomic E-state index is 12.6. The summed E-state index contributed by atoms with van der Waals surface area (Å²) >= 11 is 5.60. The average Bonchev–Trinajstić information content (AvgIpc) is 2.33. The fraction of sp³-hybridized carbons (Fsp3) is 0. The van der Waals surface area contributed by atoms with E-state index >= 15 is 0 Å². The maximum Gasteiger partial charge on any atom is 0.274 e. The van der Waals surface area contributed by atoms with Gasteiger partial charge in [-0.3, -0.25) is 4.79 Å². The monoisotopic (exact) mass is 251 g/mol. The summed E-state index contributed by atoms with van der Waals surface area (Å²) in [7, 11) is 0. The van der Waals surface area contributed by atoms with Gasteiger partial charge in [0, 0.05) is 0 Å². The van der Waals surface area contributed by atoms with E-state index in [-0.39, 0.29) is 5.69 Å². The van der Waals surface area contributed by atoms with Crippen LogP contribution in [0.3, 0.4) is 0 Å². The van der Waals surface area contributed by atoms with E-state index in [1.807, 2.05) is 0 Å². The summed E-state index contributed by atoms with van der Waals surface area (Å²) in [5.74, 6) is -0.927. The molecule has 0 saturated heterocycles. The number of anilines is 1. The first-order valence-corrected chi connectivity index (χ1v) is 5.07. The molecule has 0 saturated carbocycles. The molecule has 1 N–H and O–H groups in total. The van der Waals surface area contributed by atoms with Crippen LogP contribution in [0.25, 0.3) is 0 Å². The van der Waals surface area contributed by atoms with E-state index in [4.69, 9.17) is 11.6 Å². The minimum absolute atomic E-state index is 0.126. The molecule has 2 heterocycles. The van der Waals surface area contributed by atoms with Crippen LogP contribution in [0, 0.1) is 5.82 Å². The minimum Gasteiger partial charge on any atom is -0.319 e. The summed E-state index contributed by atoms with van der Waals surface area (Å²) in [5.41, 5.74) is 0.617. The summed E-state index contributed by atoms with van der Waals surface area (Å²) < 4.78 is 12.6. The van der Waals surface area contributed by atoms with Gasteiger partial charge in [0.25, 0.3) is 5.91 Å². The number of pyridine rings is 2. The van der Waals surface area contributed by atoms with Crippen LogP contribution in [0.1, 0.15) is 10.5 Å². The third-order valence-electron chi connectivity index (χ3n) is 1.95. The third-order valence-corrected chi connectivity index (χ3v) is 2.17. The lowest BCUT2D eigenvalue weighted by molar-refractivity contribution is 0.102. The molecule has 2 aromatic heterocycles. The van der Waals surface area contributed by atoms with Gasteiger partial charge in [0.05, 0.1) is 18.1 Å². The summed E-state index contributed by atoms with van der Waals surface area (Å²) in [6.07, 6.45) is 2.40. The second kappa shape index (κ2) is 4.88. The lowest BCUT2D eigenvalue weighted by atomic mass is 10.3. The van der Waals surface area contributed by atoms with Crippen molar-refractivity contribution in [3.8, 4) is 0 Å². The van der Waals surface area contributed by atoms with Crippen molar-refractivity contribution in [1.29, 1.82) is 0 Å². The van der Waals surface area contributed by atoms with Crippen LogP contribution in [-0.4, -0.2) is 15.9 Å². The molecule has 6 heteroatoms. The lowest BCUT2D eigenvalue weighted by Crippen LogP contribution is -2.13. The molecule has 2 rings (SSSR count). The van der Waals surface area contributed by atoms with E-state index < -0.39 is 11.7 Å². The zero-order chi connectivity index (χ0) is 12.3. The predicted molar refractivity (Wildman–Crippen MR) is 61.4 cm³/mol. The molecule has 86 valence electrons. The van der Waals surface area contributed by atoms with Crippen molar-refractivity contribution in [1.82, 2.24) is 9.97 Å². The molecule has 0 aliphatic carbocycles. The second-order valence-electron chi connectivity index (χ2n) is 3.19. The first-order valence-electron chi connectivity index (χ1n) is 4.69. The number of hydrogen-bond acceptors (Lipinski definition) is 3. The van der Waals surface area contributed by atoms with Gasteiger partial charge in [0.1, 0.15) is 16.7 Å². The maximum atomic E-state index is 12.6. The van der Waals surface area contributed by atoms with Crippen LogP contribution in [0.4, 0.5) is 10.1 Å². The quantitative estimate of drug-likeness (QED) is 0.835. The van der Waals surface area contributed by atoms with Gasteiger partial charge in [-0.1, -0.05) is 11.6 Å². The summed E-state index contributed by atoms with van der Waals surface area (Å²) in [6, 6.07) is 5.63. The Balaban J connectivity index is 2.11. The summed E-state index contributed by atoms with van der Waals surface area (Å²) in [6.45, 7) is 0. The van der Waals surface area contributed by atoms with Crippen LogP contribution in [0.2, 0.25) is 5.15 Å². The van der Waals surface area contributed by atoms with Crippen molar-refractivity contribution in [3.63, 3.8) is 0 Å². The Hall–Kier alpha value is -2.01. The van der Waals surface area contributed by atoms with Crippen molar-refractivity contribution in [2.24, 2.45) is 0 Å². The van der Waals surface area contributed by atoms with Crippen molar-refractivity contribution >= 4 is 23.2 Å². The van der Waals surface area contributed by atoms with Gasteiger partial charge in [-0.05, 0) is 24.3 Å². The Morgan fingerprint density at radius 1 is 1.18 bits per heavy atom. The molecule has 0 unspecified atom stereocenters. The van der Waals surface area contributed by atoms with E-state index in [0.29, 0.717) is 10.8 Å². The molecule has 0 atom stereocenters. The standard InChI is InChI=1S/C11H7ClFN3O/c12-10-4-2-8(6-15-10)16-11(17)9-3-1-7(13)5-14-9/h1-6H,(H,16,17). The topological polar surface area (TPSA) is 54.9 Å². The van der Waals surface area contributed by atoms with Crippen LogP contribution in [-0.2, 0) is 0 Å². The zero-order valence-electron chi connectivity index (χ0n) is 8.52. The number of carbonyl (C=O) groups is 1. The fourth-order valence-electron chi connectivity index (χ4n) is 1.16. The second-order valence-corrected chi connectivity index (χ2v) is 3.57. The van der Waals surface area contributed by atoms with Gasteiger partial charge in [-0.2, -0.15) is 0 Å². The minimum atomic E-state index is -0.491. The van der Waals surface area contributed by atoms with Gasteiger partial charge >= 0.3 is 0 Å². The van der Waals surface area contributed by atoms with Crippen LogP contribution >= 0.6 is 11.6 Å². The van der Waals surface area contributed by atoms with Crippen molar-refractivity contribution in [3.05, 3.63) is 53.3 Å². The molecule has 2 aromatic rings. The highest BCUT2D eigenvalue weighted by molar-refractivity contribution is 6.29. The first-order chi connectivity index (χ1) is 8.15. The van der Waals surface area contributed by atoms with Crippen molar-refractivity contribution < 1.29 is 9.18 Å². The number of halogens is 2. The number of rotatable bonds is 2. The van der Waals surface area contributed by atoms with Gasteiger partial charge in [-0.15, -0.1) is 0 Å². The molecular formula is C11H7ClFN3O. The van der Waals surface area contributed by atoms with Crippen LogP contribution < -0.4 is 5.32 Å². The van der Waals surface area contributed by atoms with Crippen molar-refractivity contribution in [2.45, 2.75) is 0 Å². The van der Waals surface area contributed by atoms with E-state index in [1.165, 1.54) is 18.3 Å². The highest BCUT2D eigenvalue weighted by Gasteiger charge is 2.07. The molecular weight excluding hydrogens is 245 g/mol. The van der Waals surface area contributed by atoms with E-state index in [9.17, 15) is 9.18 Å². The molecule has 0 bridgehead atoms. The molecule has 0 aliphatic heterocycles. The molecule has 4 nitrogen and oxygen atoms in total. The normalized spacial score (nSPS) is 10.0. The van der Waals surface area contributed by atoms with E-state index in [2.05, 4.69) is 15.3 Å². The zero-order valence-corrected chi connectivity index (χ0v) is 9.28. The van der Waals surface area contributed by atoms with Gasteiger partial charge in [-0.25, -0.2) is 14.4 Å². The Labute approximate surface area is 101 Å². The van der Waals surface area contributed by atoms with E-state index in [1.54, 1.807) is 12.1 Å². The molecule has 0 spiro atoms. The highest BCUT2D eigenvalue weighted by atomic mass is 35.5. The lowest BCUT2D eigenvalue weighted by Gasteiger charge is -2.03. The highest BCUT2D eigenvalue weighted by Crippen LogP contribution is 2.10. The molecule has 1 amide bonds. The van der Waals surface area contributed by atoms with Gasteiger partial charge in [0.15, 0.2) is 0 Å². The smallest absolute Gasteiger partial charge is 0.274 e. The van der Waals surface area contributed by atoms with Crippen LogP contribution in [0.15, 0.2) is 36.7 Å². The number of amides is 1. The molecule has 17 heavy (non-hydrogen) atoms. The van der Waals surface area contributed by atoms with E-state index in [0.717, 1.165) is 6.20 Å². The van der Waals surface area contributed by atoms with Gasteiger partial charge in [0.2, 0.25) is 0 Å². The molecule has 0 radical (unpaired) electrons. The van der Waals surface area contributed by atoms with Crippen LogP contribution in [0.5, 0.6) is 0 Å². The van der Waals surface area contributed by atoms with Crippen molar-refractivity contribution in [2.75, 3.05) is 5.32 Å². The number of carbonyl (C=O) groups excluding carboxylic acids is 1. The average molecular weight is 252 g/mol. The Morgan fingerprint density at radius 3 is 2.59 bits per heavy atom. The fourth-order valence-corrected chi connectivity index (χ4v) is 1.27. The SMILES string of the molecule is O=C(Nc1ccc(Cl)nc1)c1ccc(F)cn1. The first kappa shape index (κ1) is 11.5. The molecule has 0 fully saturated rings. The number of aromatic nitrogens is 2. The Bertz CT molecular complexity index is 527. The Morgan fingerprint density at radius 2 is 2.00 bits per heavy atom. The predicted octanol–water partition coefficient (Wildman–Crippen LogP) is 2.52. The number of nitrogens with one attached hydrogen (secondary N) is 1. The third kappa shape index (κ3) is 2.98. The molecule has 0 aliphatic rings. The summed E-state index contributed by atoms with van der Waals surface area (Å²) in [4.78, 5) is 19.1. The largest absolute Gasteiger partial charge is 0.319 e. The summed E-state index contributed by atoms with van der Waals surface area (Å²) in [5, 5.41) is 2.90. The number of nitrogens with zero attached hydrogens (tertiary/aromatic N) is 2. The number of hydrogen-bond donors (Lipinski definition) is 1.